The maximum Gasteiger partial charge on any atom is 0.335 e. The maximum absolute atomic E-state index is 10.8. The molecule has 0 amide bonds. The highest BCUT2D eigenvalue weighted by Crippen LogP contribution is 2.24. The first-order valence-electron chi connectivity index (χ1n) is 6.89. The molecule has 0 aliphatic rings. The summed E-state index contributed by atoms with van der Waals surface area (Å²) in [5.74, 6) is -1.90. The van der Waals surface area contributed by atoms with Gasteiger partial charge < -0.3 is 10.2 Å². The Morgan fingerprint density at radius 2 is 1.32 bits per heavy atom. The lowest BCUT2D eigenvalue weighted by Crippen LogP contribution is -1.95. The van der Waals surface area contributed by atoms with Gasteiger partial charge in [-0.3, -0.25) is 0 Å². The van der Waals surface area contributed by atoms with E-state index in [2.05, 4.69) is 0 Å². The van der Waals surface area contributed by atoms with Crippen LogP contribution in [0.1, 0.15) is 29.3 Å². The molecule has 2 aromatic carbocycles. The largest absolute Gasteiger partial charge is 0.478 e. The molecule has 0 heterocycles. The summed E-state index contributed by atoms with van der Waals surface area (Å²) in [4.78, 5) is 21.6. The van der Waals surface area contributed by atoms with Crippen molar-refractivity contribution < 1.29 is 19.8 Å². The molecule has 2 rings (SSSR count). The molecular formula is C18H16O4. The van der Waals surface area contributed by atoms with Crippen molar-refractivity contribution in [2.45, 2.75) is 13.3 Å². The molecule has 4 heteroatoms. The first-order chi connectivity index (χ1) is 10.5. The standard InChI is InChI=1S/C18H16O4/c1-2-12(11-17(19)20)13-3-5-14(6-4-13)15-7-9-16(10-8-15)18(21)22/h3-11H,2H2,1H3,(H,19,20)(H,21,22)/b12-11+. The third-order valence-corrected chi connectivity index (χ3v) is 3.40. The number of benzene rings is 2. The van der Waals surface area contributed by atoms with Crippen molar-refractivity contribution in [2.24, 2.45) is 0 Å². The molecule has 0 radical (unpaired) electrons. The quantitative estimate of drug-likeness (QED) is 0.820. The van der Waals surface area contributed by atoms with Crippen LogP contribution in [0.5, 0.6) is 0 Å². The zero-order valence-electron chi connectivity index (χ0n) is 12.1. The van der Waals surface area contributed by atoms with Gasteiger partial charge in [0, 0.05) is 6.08 Å². The highest BCUT2D eigenvalue weighted by atomic mass is 16.4. The van der Waals surface area contributed by atoms with Crippen LogP contribution in [0, 0.1) is 0 Å². The van der Waals surface area contributed by atoms with Gasteiger partial charge >= 0.3 is 11.9 Å². The van der Waals surface area contributed by atoms with E-state index in [0.717, 1.165) is 22.3 Å². The molecule has 0 aromatic heterocycles. The van der Waals surface area contributed by atoms with E-state index in [9.17, 15) is 9.59 Å². The predicted molar refractivity (Wildman–Crippen MR) is 84.7 cm³/mol. The molecule has 0 bridgehead atoms. The summed E-state index contributed by atoms with van der Waals surface area (Å²) in [7, 11) is 0. The van der Waals surface area contributed by atoms with Gasteiger partial charge in [0.25, 0.3) is 0 Å². The fourth-order valence-electron chi connectivity index (χ4n) is 2.22. The maximum atomic E-state index is 10.8. The zero-order chi connectivity index (χ0) is 16.1. The molecule has 0 fully saturated rings. The minimum absolute atomic E-state index is 0.248. The summed E-state index contributed by atoms with van der Waals surface area (Å²) >= 11 is 0. The number of carboxylic acid groups (broad SMARTS) is 2. The average Bonchev–Trinajstić information content (AvgIpc) is 2.52. The lowest BCUT2D eigenvalue weighted by atomic mass is 9.98. The van der Waals surface area contributed by atoms with Crippen LogP contribution in [0.25, 0.3) is 16.7 Å². The minimum atomic E-state index is -0.954. The third-order valence-electron chi connectivity index (χ3n) is 3.40. The van der Waals surface area contributed by atoms with Crippen molar-refractivity contribution in [3.63, 3.8) is 0 Å². The second-order valence-corrected chi connectivity index (χ2v) is 4.82. The number of carbonyl (C=O) groups is 2. The molecule has 22 heavy (non-hydrogen) atoms. The summed E-state index contributed by atoms with van der Waals surface area (Å²) in [6.45, 7) is 1.91. The molecule has 2 N–H and O–H groups in total. The molecule has 112 valence electrons. The number of hydrogen-bond donors (Lipinski definition) is 2. The first kappa shape index (κ1) is 15.5. The Kier molecular flexibility index (Phi) is 4.73. The first-order valence-corrected chi connectivity index (χ1v) is 6.89. The minimum Gasteiger partial charge on any atom is -0.478 e. The van der Waals surface area contributed by atoms with Crippen molar-refractivity contribution in [1.29, 1.82) is 0 Å². The summed E-state index contributed by atoms with van der Waals surface area (Å²) in [6.07, 6.45) is 1.86. The Labute approximate surface area is 128 Å². The summed E-state index contributed by atoms with van der Waals surface area (Å²) in [6, 6.07) is 14.2. The SMILES string of the molecule is CC/C(=C\C(=O)O)c1ccc(-c2ccc(C(=O)O)cc2)cc1. The molecule has 0 spiro atoms. The number of hydrogen-bond acceptors (Lipinski definition) is 2. The number of allylic oxidation sites excluding steroid dienone is 1. The third kappa shape index (κ3) is 3.61. The van der Waals surface area contributed by atoms with Crippen molar-refractivity contribution in [2.75, 3.05) is 0 Å². The smallest absolute Gasteiger partial charge is 0.335 e. The van der Waals surface area contributed by atoms with E-state index in [1.807, 2.05) is 31.2 Å². The fourth-order valence-corrected chi connectivity index (χ4v) is 2.22. The predicted octanol–water partition coefficient (Wildman–Crippen LogP) is 3.93. The van der Waals surface area contributed by atoms with E-state index < -0.39 is 11.9 Å². The van der Waals surface area contributed by atoms with E-state index in [1.165, 1.54) is 6.08 Å². The van der Waals surface area contributed by atoms with E-state index in [0.29, 0.717) is 6.42 Å². The fraction of sp³-hybridized carbons (Fsp3) is 0.111. The van der Waals surface area contributed by atoms with E-state index in [-0.39, 0.29) is 5.56 Å². The molecule has 0 aliphatic heterocycles. The molecule has 0 unspecified atom stereocenters. The van der Waals surface area contributed by atoms with Crippen LogP contribution in [0.4, 0.5) is 0 Å². The van der Waals surface area contributed by atoms with E-state index in [4.69, 9.17) is 10.2 Å². The van der Waals surface area contributed by atoms with E-state index >= 15 is 0 Å². The van der Waals surface area contributed by atoms with Gasteiger partial charge in [0.05, 0.1) is 5.56 Å². The number of aromatic carboxylic acids is 1. The van der Waals surface area contributed by atoms with Gasteiger partial charge in [-0.15, -0.1) is 0 Å². The van der Waals surface area contributed by atoms with Gasteiger partial charge in [-0.2, -0.15) is 0 Å². The lowest BCUT2D eigenvalue weighted by molar-refractivity contribution is -0.131. The van der Waals surface area contributed by atoms with Gasteiger partial charge in [0.1, 0.15) is 0 Å². The Morgan fingerprint density at radius 1 is 0.864 bits per heavy atom. The Hall–Kier alpha value is -2.88. The molecule has 0 atom stereocenters. The van der Waals surface area contributed by atoms with Crippen LogP contribution in [-0.4, -0.2) is 22.2 Å². The second kappa shape index (κ2) is 6.72. The molecule has 0 aliphatic carbocycles. The van der Waals surface area contributed by atoms with Gasteiger partial charge in [-0.1, -0.05) is 43.3 Å². The molecule has 0 saturated carbocycles. The van der Waals surface area contributed by atoms with Gasteiger partial charge in [0.15, 0.2) is 0 Å². The van der Waals surface area contributed by atoms with Crippen molar-refractivity contribution in [3.8, 4) is 11.1 Å². The molecule has 4 nitrogen and oxygen atoms in total. The average molecular weight is 296 g/mol. The van der Waals surface area contributed by atoms with Gasteiger partial charge in [-0.25, -0.2) is 9.59 Å². The lowest BCUT2D eigenvalue weighted by Gasteiger charge is -2.07. The molecule has 0 saturated heterocycles. The summed E-state index contributed by atoms with van der Waals surface area (Å²) in [5, 5.41) is 17.7. The normalized spacial score (nSPS) is 11.2. The van der Waals surface area contributed by atoms with Crippen molar-refractivity contribution >= 4 is 17.5 Å². The van der Waals surface area contributed by atoms with E-state index in [1.54, 1.807) is 24.3 Å². The van der Waals surface area contributed by atoms with Gasteiger partial charge in [-0.05, 0) is 40.8 Å². The Balaban J connectivity index is 2.28. The number of carboxylic acids is 2. The monoisotopic (exact) mass is 296 g/mol. The van der Waals surface area contributed by atoms with Crippen molar-refractivity contribution in [3.05, 3.63) is 65.7 Å². The van der Waals surface area contributed by atoms with Crippen LogP contribution in [-0.2, 0) is 4.79 Å². The summed E-state index contributed by atoms with van der Waals surface area (Å²) in [5.41, 5.74) is 3.75. The second-order valence-electron chi connectivity index (χ2n) is 4.82. The zero-order valence-corrected chi connectivity index (χ0v) is 12.1. The van der Waals surface area contributed by atoms with Crippen LogP contribution >= 0.6 is 0 Å². The summed E-state index contributed by atoms with van der Waals surface area (Å²) < 4.78 is 0. The molecule has 2 aromatic rings. The van der Waals surface area contributed by atoms with Crippen LogP contribution in [0.2, 0.25) is 0 Å². The van der Waals surface area contributed by atoms with Crippen molar-refractivity contribution in [1.82, 2.24) is 0 Å². The Morgan fingerprint density at radius 3 is 1.68 bits per heavy atom. The van der Waals surface area contributed by atoms with Crippen LogP contribution in [0.15, 0.2) is 54.6 Å². The van der Waals surface area contributed by atoms with Crippen LogP contribution in [0.3, 0.4) is 0 Å². The highest BCUT2D eigenvalue weighted by molar-refractivity contribution is 5.90. The number of rotatable bonds is 5. The number of aliphatic carboxylic acids is 1. The topological polar surface area (TPSA) is 74.6 Å². The van der Waals surface area contributed by atoms with Crippen LogP contribution < -0.4 is 0 Å². The Bertz CT molecular complexity index is 710. The highest BCUT2D eigenvalue weighted by Gasteiger charge is 2.05. The van der Waals surface area contributed by atoms with Gasteiger partial charge in [0.2, 0.25) is 0 Å². The molecular weight excluding hydrogens is 280 g/mol.